The Bertz CT molecular complexity index is 1050. The summed E-state index contributed by atoms with van der Waals surface area (Å²) in [4.78, 5) is 4.64. The van der Waals surface area contributed by atoms with Gasteiger partial charge in [-0.2, -0.15) is 5.26 Å². The number of benzene rings is 2. The molecule has 6 heteroatoms. The summed E-state index contributed by atoms with van der Waals surface area (Å²) < 4.78 is 16.4. The Balaban J connectivity index is 1.66. The molecule has 0 fully saturated rings. The Morgan fingerprint density at radius 2 is 2.11 bits per heavy atom. The molecule has 5 nitrogen and oxygen atoms in total. The first kappa shape index (κ1) is 17.1. The highest BCUT2D eigenvalue weighted by Gasteiger charge is 2.16. The van der Waals surface area contributed by atoms with Crippen LogP contribution in [0.4, 0.5) is 0 Å². The van der Waals surface area contributed by atoms with Gasteiger partial charge in [-0.05, 0) is 37.3 Å². The third-order valence-electron chi connectivity index (χ3n) is 4.04. The van der Waals surface area contributed by atoms with Crippen molar-refractivity contribution in [3.05, 3.63) is 58.4 Å². The number of fused-ring (bicyclic) bond motifs is 1. The summed E-state index contributed by atoms with van der Waals surface area (Å²) in [5, 5.41) is 12.2. The van der Waals surface area contributed by atoms with Crippen molar-refractivity contribution in [3.8, 4) is 34.6 Å². The number of allylic oxidation sites excluding steroid dienone is 1. The number of thiazole rings is 1. The summed E-state index contributed by atoms with van der Waals surface area (Å²) in [6, 6.07) is 15.6. The zero-order valence-corrected chi connectivity index (χ0v) is 15.5. The van der Waals surface area contributed by atoms with Gasteiger partial charge in [0.25, 0.3) is 0 Å². The molecule has 0 radical (unpaired) electrons. The van der Waals surface area contributed by atoms with Crippen LogP contribution in [-0.2, 0) is 0 Å². The van der Waals surface area contributed by atoms with Crippen LogP contribution in [0.25, 0.3) is 22.9 Å². The summed E-state index contributed by atoms with van der Waals surface area (Å²) in [6.45, 7) is 2.74. The first-order valence-corrected chi connectivity index (χ1v) is 9.36. The Morgan fingerprint density at radius 1 is 1.26 bits per heavy atom. The van der Waals surface area contributed by atoms with Crippen molar-refractivity contribution >= 4 is 23.0 Å². The highest BCUT2D eigenvalue weighted by atomic mass is 32.1. The molecule has 4 rings (SSSR count). The Morgan fingerprint density at radius 3 is 2.96 bits per heavy atom. The molecule has 134 valence electrons. The van der Waals surface area contributed by atoms with Gasteiger partial charge in [0.1, 0.15) is 16.8 Å². The van der Waals surface area contributed by atoms with Gasteiger partial charge in [-0.15, -0.1) is 11.3 Å². The average molecular weight is 376 g/mol. The minimum absolute atomic E-state index is 0.238. The maximum Gasteiger partial charge on any atom is 0.231 e. The Hall–Kier alpha value is -3.30. The first-order valence-electron chi connectivity index (χ1n) is 8.48. The molecule has 0 aliphatic carbocycles. The number of hydrogen-bond acceptors (Lipinski definition) is 6. The minimum Gasteiger partial charge on any atom is -0.493 e. The number of para-hydroxylation sites is 1. The lowest BCUT2D eigenvalue weighted by atomic mass is 10.1. The molecule has 1 aromatic heterocycles. The molecule has 0 bridgehead atoms. The van der Waals surface area contributed by atoms with E-state index in [1.54, 1.807) is 0 Å². The van der Waals surface area contributed by atoms with Crippen LogP contribution in [0, 0.1) is 11.3 Å². The number of hydrogen-bond donors (Lipinski definition) is 0. The van der Waals surface area contributed by atoms with E-state index in [1.165, 1.54) is 11.3 Å². The van der Waals surface area contributed by atoms with Crippen molar-refractivity contribution in [1.29, 1.82) is 5.26 Å². The van der Waals surface area contributed by atoms with Crippen LogP contribution in [0.15, 0.2) is 47.8 Å². The van der Waals surface area contributed by atoms with Crippen LogP contribution in [-0.4, -0.2) is 18.4 Å². The smallest absolute Gasteiger partial charge is 0.231 e. The van der Waals surface area contributed by atoms with Crippen LogP contribution in [0.3, 0.4) is 0 Å². The number of rotatable bonds is 5. The number of nitriles is 1. The molecule has 2 aromatic carbocycles. The zero-order valence-electron chi connectivity index (χ0n) is 14.6. The van der Waals surface area contributed by atoms with E-state index in [0.29, 0.717) is 22.9 Å². The SMILES string of the molecule is CCOc1ccccc1/C=C(/C#N)c1nc(-c2ccc3c(c2)OCO3)cs1. The molecule has 1 aliphatic heterocycles. The lowest BCUT2D eigenvalue weighted by Crippen LogP contribution is -1.93. The maximum absolute atomic E-state index is 9.64. The number of ether oxygens (including phenoxy) is 3. The molecule has 1 aliphatic rings. The predicted octanol–water partition coefficient (Wildman–Crippen LogP) is 5.00. The fourth-order valence-corrected chi connectivity index (χ4v) is 3.56. The molecule has 2 heterocycles. The highest BCUT2D eigenvalue weighted by Crippen LogP contribution is 2.37. The third-order valence-corrected chi connectivity index (χ3v) is 4.92. The largest absolute Gasteiger partial charge is 0.493 e. The van der Waals surface area contributed by atoms with E-state index in [4.69, 9.17) is 14.2 Å². The fourth-order valence-electron chi connectivity index (χ4n) is 2.77. The molecule has 0 atom stereocenters. The molecular weight excluding hydrogens is 360 g/mol. The number of aromatic nitrogens is 1. The standard InChI is InChI=1S/C21H16N2O3S/c1-2-24-18-6-4-3-5-15(18)9-16(11-22)21-23-17(12-27-21)14-7-8-19-20(10-14)26-13-25-19/h3-10,12H,2,13H2,1H3/b16-9-. The predicted molar refractivity (Wildman–Crippen MR) is 105 cm³/mol. The molecular formula is C21H16N2O3S. The van der Waals surface area contributed by atoms with Gasteiger partial charge in [0.15, 0.2) is 11.5 Å². The van der Waals surface area contributed by atoms with Gasteiger partial charge >= 0.3 is 0 Å². The van der Waals surface area contributed by atoms with Crippen molar-refractivity contribution in [3.63, 3.8) is 0 Å². The Kier molecular flexibility index (Phi) is 4.77. The van der Waals surface area contributed by atoms with Crippen LogP contribution < -0.4 is 14.2 Å². The van der Waals surface area contributed by atoms with Gasteiger partial charge in [-0.1, -0.05) is 18.2 Å². The van der Waals surface area contributed by atoms with Crippen molar-refractivity contribution in [2.24, 2.45) is 0 Å². The zero-order chi connectivity index (χ0) is 18.6. The van der Waals surface area contributed by atoms with Gasteiger partial charge in [0.2, 0.25) is 6.79 Å². The molecule has 0 spiro atoms. The molecule has 0 unspecified atom stereocenters. The van der Waals surface area contributed by atoms with Gasteiger partial charge < -0.3 is 14.2 Å². The highest BCUT2D eigenvalue weighted by molar-refractivity contribution is 7.11. The monoisotopic (exact) mass is 376 g/mol. The minimum atomic E-state index is 0.238. The molecule has 0 N–H and O–H groups in total. The maximum atomic E-state index is 9.64. The van der Waals surface area contributed by atoms with Crippen molar-refractivity contribution in [2.75, 3.05) is 13.4 Å². The van der Waals surface area contributed by atoms with E-state index in [1.807, 2.05) is 60.8 Å². The van der Waals surface area contributed by atoms with E-state index < -0.39 is 0 Å². The van der Waals surface area contributed by atoms with Gasteiger partial charge in [-0.3, -0.25) is 0 Å². The third kappa shape index (κ3) is 3.50. The summed E-state index contributed by atoms with van der Waals surface area (Å²) in [5.74, 6) is 2.20. The summed E-state index contributed by atoms with van der Waals surface area (Å²) in [5.41, 5.74) is 3.08. The molecule has 27 heavy (non-hydrogen) atoms. The van der Waals surface area contributed by atoms with Crippen LogP contribution >= 0.6 is 11.3 Å². The van der Waals surface area contributed by atoms with Crippen LogP contribution in [0.2, 0.25) is 0 Å². The van der Waals surface area contributed by atoms with E-state index in [-0.39, 0.29) is 6.79 Å². The van der Waals surface area contributed by atoms with E-state index in [9.17, 15) is 5.26 Å². The van der Waals surface area contributed by atoms with Gasteiger partial charge in [0, 0.05) is 16.5 Å². The second kappa shape index (κ2) is 7.52. The van der Waals surface area contributed by atoms with Crippen molar-refractivity contribution in [1.82, 2.24) is 4.98 Å². The first-order chi connectivity index (χ1) is 13.3. The quantitative estimate of drug-likeness (QED) is 0.586. The molecule has 0 saturated heterocycles. The fraction of sp³-hybridized carbons (Fsp3) is 0.143. The Labute approximate surface area is 161 Å². The van der Waals surface area contributed by atoms with E-state index in [2.05, 4.69) is 11.1 Å². The summed E-state index contributed by atoms with van der Waals surface area (Å²) in [7, 11) is 0. The van der Waals surface area contributed by atoms with Crippen LogP contribution in [0.1, 0.15) is 17.5 Å². The molecule has 0 saturated carbocycles. The van der Waals surface area contributed by atoms with Gasteiger partial charge in [-0.25, -0.2) is 4.98 Å². The average Bonchev–Trinajstić information content (AvgIpc) is 3.36. The van der Waals surface area contributed by atoms with Crippen molar-refractivity contribution in [2.45, 2.75) is 6.92 Å². The van der Waals surface area contributed by atoms with E-state index in [0.717, 1.165) is 28.3 Å². The topological polar surface area (TPSA) is 64.4 Å². The van der Waals surface area contributed by atoms with Crippen molar-refractivity contribution < 1.29 is 14.2 Å². The lowest BCUT2D eigenvalue weighted by Gasteiger charge is -2.06. The number of nitrogens with zero attached hydrogens (tertiary/aromatic N) is 2. The molecule has 3 aromatic rings. The summed E-state index contributed by atoms with van der Waals surface area (Å²) in [6.07, 6.45) is 1.81. The lowest BCUT2D eigenvalue weighted by molar-refractivity contribution is 0.174. The molecule has 0 amide bonds. The normalized spacial score (nSPS) is 12.7. The van der Waals surface area contributed by atoms with Crippen LogP contribution in [0.5, 0.6) is 17.2 Å². The van der Waals surface area contributed by atoms with E-state index >= 15 is 0 Å². The second-order valence-electron chi connectivity index (χ2n) is 5.75. The summed E-state index contributed by atoms with van der Waals surface area (Å²) >= 11 is 1.43. The van der Waals surface area contributed by atoms with Gasteiger partial charge in [0.05, 0.1) is 17.9 Å². The second-order valence-corrected chi connectivity index (χ2v) is 6.60.